The molecular weight excluding hydrogens is 339 g/mol. The first-order chi connectivity index (χ1) is 12.2. The van der Waals surface area contributed by atoms with E-state index in [0.717, 1.165) is 16.2 Å². The molecule has 1 aliphatic rings. The number of fused-ring (bicyclic) bond motifs is 1. The van der Waals surface area contributed by atoms with Gasteiger partial charge in [0, 0.05) is 17.9 Å². The molecule has 0 aliphatic carbocycles. The summed E-state index contributed by atoms with van der Waals surface area (Å²) in [4.78, 5) is 13.3. The smallest absolute Gasteiger partial charge is 0.225 e. The molecule has 4 rings (SSSR count). The van der Waals surface area contributed by atoms with Gasteiger partial charge in [0.15, 0.2) is 0 Å². The van der Waals surface area contributed by atoms with E-state index in [0.29, 0.717) is 23.4 Å². The Balaban J connectivity index is 1.81. The highest BCUT2D eigenvalue weighted by atomic mass is 32.1. The number of nitrogens with zero attached hydrogens (tertiary/aromatic N) is 1. The van der Waals surface area contributed by atoms with E-state index in [9.17, 15) is 9.18 Å². The van der Waals surface area contributed by atoms with Crippen LogP contribution in [0.25, 0.3) is 11.3 Å². The first-order valence-electron chi connectivity index (χ1n) is 7.85. The zero-order valence-corrected chi connectivity index (χ0v) is 14.3. The summed E-state index contributed by atoms with van der Waals surface area (Å²) in [7, 11) is 1.62. The molecule has 0 unspecified atom stereocenters. The molecule has 2 heterocycles. The van der Waals surface area contributed by atoms with Crippen molar-refractivity contribution in [1.29, 1.82) is 0 Å². The largest absolute Gasteiger partial charge is 0.497 e. The number of carbonyl (C=O) groups excluding carboxylic acids is 1. The Hall–Kier alpha value is -2.73. The van der Waals surface area contributed by atoms with Crippen LogP contribution in [-0.4, -0.2) is 17.4 Å². The lowest BCUT2D eigenvalue weighted by Crippen LogP contribution is -2.22. The Kier molecular flexibility index (Phi) is 3.97. The van der Waals surface area contributed by atoms with Crippen LogP contribution in [0.2, 0.25) is 0 Å². The third-order valence-corrected chi connectivity index (χ3v) is 5.24. The first-order valence-corrected chi connectivity index (χ1v) is 8.62. The number of ether oxygens (including phenoxy) is 1. The van der Waals surface area contributed by atoms with E-state index in [1.54, 1.807) is 19.2 Å². The number of rotatable bonds is 3. The van der Waals surface area contributed by atoms with Crippen molar-refractivity contribution in [1.82, 2.24) is 4.37 Å². The summed E-state index contributed by atoms with van der Waals surface area (Å²) in [6, 6.07) is 14.0. The van der Waals surface area contributed by atoms with E-state index >= 15 is 0 Å². The van der Waals surface area contributed by atoms with Crippen LogP contribution in [-0.2, 0) is 4.79 Å². The fourth-order valence-electron chi connectivity index (χ4n) is 3.09. The number of aromatic nitrogens is 1. The first kappa shape index (κ1) is 15.8. The maximum absolute atomic E-state index is 13.6. The van der Waals surface area contributed by atoms with E-state index in [4.69, 9.17) is 4.74 Å². The second-order valence-corrected chi connectivity index (χ2v) is 6.67. The number of anilines is 1. The average Bonchev–Trinajstić information content (AvgIpc) is 3.04. The van der Waals surface area contributed by atoms with Gasteiger partial charge in [-0.1, -0.05) is 24.3 Å². The fourth-order valence-corrected chi connectivity index (χ4v) is 4.06. The van der Waals surface area contributed by atoms with Crippen LogP contribution >= 0.6 is 11.5 Å². The molecule has 1 atom stereocenters. The molecule has 1 N–H and O–H groups in total. The molecule has 1 amide bonds. The van der Waals surface area contributed by atoms with Gasteiger partial charge < -0.3 is 10.1 Å². The van der Waals surface area contributed by atoms with Gasteiger partial charge in [-0.25, -0.2) is 4.39 Å². The zero-order valence-electron chi connectivity index (χ0n) is 13.5. The highest BCUT2D eigenvalue weighted by molar-refractivity contribution is 7.07. The van der Waals surface area contributed by atoms with Crippen molar-refractivity contribution in [3.63, 3.8) is 0 Å². The molecule has 1 aliphatic heterocycles. The highest BCUT2D eigenvalue weighted by Gasteiger charge is 2.31. The summed E-state index contributed by atoms with van der Waals surface area (Å²) in [5.41, 5.74) is 2.95. The number of halogens is 1. The predicted molar refractivity (Wildman–Crippen MR) is 95.6 cm³/mol. The minimum Gasteiger partial charge on any atom is -0.497 e. The van der Waals surface area contributed by atoms with Gasteiger partial charge in [-0.2, -0.15) is 4.37 Å². The maximum Gasteiger partial charge on any atom is 0.225 e. The molecule has 3 aromatic rings. The van der Waals surface area contributed by atoms with Gasteiger partial charge in [0.25, 0.3) is 0 Å². The summed E-state index contributed by atoms with van der Waals surface area (Å²) in [5, 5.41) is 2.91. The van der Waals surface area contributed by atoms with Gasteiger partial charge in [0.2, 0.25) is 5.91 Å². The van der Waals surface area contributed by atoms with Crippen LogP contribution in [0.15, 0.2) is 48.5 Å². The number of carbonyl (C=O) groups is 1. The summed E-state index contributed by atoms with van der Waals surface area (Å²) in [6.45, 7) is 0. The number of hydrogen-bond donors (Lipinski definition) is 1. The minimum atomic E-state index is -0.328. The van der Waals surface area contributed by atoms with E-state index in [1.165, 1.54) is 23.7 Å². The van der Waals surface area contributed by atoms with Crippen LogP contribution in [0.1, 0.15) is 22.8 Å². The van der Waals surface area contributed by atoms with Gasteiger partial charge in [-0.05, 0) is 41.4 Å². The standard InChI is InChI=1S/C19H15FN2O2S/c1-24-14-7-3-4-11(9-14)15-10-16(23)21-18-17(22-25-19(15)18)12-5-2-6-13(20)8-12/h2-9,15H,10H2,1H3,(H,21,23)/t15-/m0/s1. The number of nitrogens with one attached hydrogen (secondary N) is 1. The Bertz CT molecular complexity index is 954. The molecule has 1 aromatic heterocycles. The van der Waals surface area contributed by atoms with Crippen molar-refractivity contribution in [3.05, 3.63) is 64.8 Å². The third-order valence-electron chi connectivity index (χ3n) is 4.28. The van der Waals surface area contributed by atoms with Crippen molar-refractivity contribution < 1.29 is 13.9 Å². The molecule has 6 heteroatoms. The van der Waals surface area contributed by atoms with Gasteiger partial charge in [0.1, 0.15) is 17.3 Å². The predicted octanol–water partition coefficient (Wildman–Crippen LogP) is 4.43. The normalized spacial score (nSPS) is 16.2. The van der Waals surface area contributed by atoms with Crippen LogP contribution in [0.3, 0.4) is 0 Å². The number of hydrogen-bond acceptors (Lipinski definition) is 4. The summed E-state index contributed by atoms with van der Waals surface area (Å²) < 4.78 is 23.4. The monoisotopic (exact) mass is 354 g/mol. The van der Waals surface area contributed by atoms with Crippen LogP contribution in [0.5, 0.6) is 5.75 Å². The van der Waals surface area contributed by atoms with E-state index in [1.807, 2.05) is 24.3 Å². The number of methoxy groups -OCH3 is 1. The van der Waals surface area contributed by atoms with Crippen molar-refractivity contribution in [2.45, 2.75) is 12.3 Å². The molecule has 0 saturated carbocycles. The van der Waals surface area contributed by atoms with Gasteiger partial charge >= 0.3 is 0 Å². The van der Waals surface area contributed by atoms with E-state index < -0.39 is 0 Å². The molecule has 2 aromatic carbocycles. The van der Waals surface area contributed by atoms with Gasteiger partial charge in [0.05, 0.1) is 17.7 Å². The Morgan fingerprint density at radius 1 is 1.24 bits per heavy atom. The Morgan fingerprint density at radius 2 is 2.08 bits per heavy atom. The van der Waals surface area contributed by atoms with E-state index in [2.05, 4.69) is 9.69 Å². The second-order valence-electron chi connectivity index (χ2n) is 5.86. The molecule has 0 fully saturated rings. The lowest BCUT2D eigenvalue weighted by molar-refractivity contribution is -0.116. The van der Waals surface area contributed by atoms with Gasteiger partial charge in [-0.3, -0.25) is 4.79 Å². The molecule has 0 spiro atoms. The van der Waals surface area contributed by atoms with Crippen LogP contribution in [0.4, 0.5) is 10.1 Å². The SMILES string of the molecule is COc1cccc([C@@H]2CC(=O)Nc3c(-c4cccc(F)c4)nsc32)c1. The third kappa shape index (κ3) is 2.89. The number of benzene rings is 2. The summed E-state index contributed by atoms with van der Waals surface area (Å²) in [5.74, 6) is 0.266. The Morgan fingerprint density at radius 3 is 2.88 bits per heavy atom. The summed E-state index contributed by atoms with van der Waals surface area (Å²) in [6.07, 6.45) is 0.352. The lowest BCUT2D eigenvalue weighted by atomic mass is 9.89. The highest BCUT2D eigenvalue weighted by Crippen LogP contribution is 2.45. The van der Waals surface area contributed by atoms with Crippen molar-refractivity contribution in [2.24, 2.45) is 0 Å². The van der Waals surface area contributed by atoms with Crippen molar-refractivity contribution >= 4 is 23.1 Å². The summed E-state index contributed by atoms with van der Waals surface area (Å²) >= 11 is 1.34. The fraction of sp³-hybridized carbons (Fsp3) is 0.158. The van der Waals surface area contributed by atoms with Crippen LogP contribution < -0.4 is 10.1 Å². The molecule has 126 valence electrons. The number of amides is 1. The molecule has 0 bridgehead atoms. The van der Waals surface area contributed by atoms with Gasteiger partial charge in [-0.15, -0.1) is 0 Å². The molecule has 25 heavy (non-hydrogen) atoms. The molecular formula is C19H15FN2O2S. The lowest BCUT2D eigenvalue weighted by Gasteiger charge is -2.23. The van der Waals surface area contributed by atoms with E-state index in [-0.39, 0.29) is 17.6 Å². The molecule has 0 radical (unpaired) electrons. The van der Waals surface area contributed by atoms with Crippen molar-refractivity contribution in [2.75, 3.05) is 12.4 Å². The topological polar surface area (TPSA) is 51.2 Å². The second kappa shape index (κ2) is 6.29. The average molecular weight is 354 g/mol. The Labute approximate surface area is 148 Å². The maximum atomic E-state index is 13.6. The quantitative estimate of drug-likeness (QED) is 0.757. The molecule has 0 saturated heterocycles. The van der Waals surface area contributed by atoms with Crippen LogP contribution in [0, 0.1) is 5.82 Å². The molecule has 4 nitrogen and oxygen atoms in total. The van der Waals surface area contributed by atoms with Crippen molar-refractivity contribution in [3.8, 4) is 17.0 Å². The zero-order chi connectivity index (χ0) is 17.4. The minimum absolute atomic E-state index is 0.0711.